The summed E-state index contributed by atoms with van der Waals surface area (Å²) in [6.45, 7) is 0. The minimum Gasteiger partial charge on any atom is -0.282 e. The second-order valence-electron chi connectivity index (χ2n) is 4.19. The lowest BCUT2D eigenvalue weighted by atomic mass is 10.1. The summed E-state index contributed by atoms with van der Waals surface area (Å²) in [6.07, 6.45) is 1.04. The molecule has 0 saturated carbocycles. The van der Waals surface area contributed by atoms with Crippen LogP contribution >= 0.6 is 23.2 Å². The standard InChI is InChI=1S/C13H10Cl2FNO2S/c1-20(18,19)17-13-5-2-8(6-12(13)15)10-4-3-9(16)7-11(10)14/h2-7,17H,1H3. The highest BCUT2D eigenvalue weighted by Gasteiger charge is 2.10. The molecular weight excluding hydrogens is 324 g/mol. The lowest BCUT2D eigenvalue weighted by molar-refractivity contribution is 0.607. The van der Waals surface area contributed by atoms with E-state index in [2.05, 4.69) is 4.72 Å². The minimum absolute atomic E-state index is 0.230. The van der Waals surface area contributed by atoms with E-state index in [-0.39, 0.29) is 15.7 Å². The highest BCUT2D eigenvalue weighted by Crippen LogP contribution is 2.33. The van der Waals surface area contributed by atoms with Crippen molar-refractivity contribution in [1.82, 2.24) is 0 Å². The Bertz CT molecular complexity index is 763. The van der Waals surface area contributed by atoms with Crippen LogP contribution in [0, 0.1) is 5.82 Å². The van der Waals surface area contributed by atoms with Crippen LogP contribution in [0.2, 0.25) is 10.0 Å². The quantitative estimate of drug-likeness (QED) is 0.916. The number of hydrogen-bond acceptors (Lipinski definition) is 2. The summed E-state index contributed by atoms with van der Waals surface area (Å²) in [5, 5.41) is 0.484. The molecule has 0 fully saturated rings. The molecule has 20 heavy (non-hydrogen) atoms. The molecule has 0 aliphatic carbocycles. The Morgan fingerprint density at radius 2 is 1.75 bits per heavy atom. The van der Waals surface area contributed by atoms with Crippen molar-refractivity contribution in [3.8, 4) is 11.1 Å². The van der Waals surface area contributed by atoms with Gasteiger partial charge in [-0.1, -0.05) is 29.3 Å². The van der Waals surface area contributed by atoms with Gasteiger partial charge >= 0.3 is 0 Å². The number of anilines is 1. The molecule has 0 radical (unpaired) electrons. The Balaban J connectivity index is 2.43. The summed E-state index contributed by atoms with van der Waals surface area (Å²) in [5.74, 6) is -0.430. The topological polar surface area (TPSA) is 46.2 Å². The smallest absolute Gasteiger partial charge is 0.229 e. The third-order valence-electron chi connectivity index (χ3n) is 2.51. The van der Waals surface area contributed by atoms with E-state index in [1.807, 2.05) is 0 Å². The molecule has 0 aromatic heterocycles. The van der Waals surface area contributed by atoms with Gasteiger partial charge in [-0.15, -0.1) is 0 Å². The molecule has 2 aromatic carbocycles. The maximum Gasteiger partial charge on any atom is 0.229 e. The van der Waals surface area contributed by atoms with E-state index in [9.17, 15) is 12.8 Å². The highest BCUT2D eigenvalue weighted by atomic mass is 35.5. The van der Waals surface area contributed by atoms with Gasteiger partial charge in [0.2, 0.25) is 10.0 Å². The summed E-state index contributed by atoms with van der Waals surface area (Å²) >= 11 is 12.0. The van der Waals surface area contributed by atoms with Crippen molar-refractivity contribution >= 4 is 38.9 Å². The molecule has 0 heterocycles. The van der Waals surface area contributed by atoms with Crippen LogP contribution in [0.3, 0.4) is 0 Å². The minimum atomic E-state index is -3.40. The van der Waals surface area contributed by atoms with Crippen molar-refractivity contribution in [1.29, 1.82) is 0 Å². The second-order valence-corrected chi connectivity index (χ2v) is 6.76. The molecule has 2 aromatic rings. The van der Waals surface area contributed by atoms with Crippen LogP contribution in [0.15, 0.2) is 36.4 Å². The molecule has 7 heteroatoms. The van der Waals surface area contributed by atoms with Crippen LogP contribution in [0.4, 0.5) is 10.1 Å². The van der Waals surface area contributed by atoms with Gasteiger partial charge in [0.05, 0.1) is 22.0 Å². The Labute approximate surface area is 126 Å². The third kappa shape index (κ3) is 3.62. The fourth-order valence-corrected chi connectivity index (χ4v) is 2.83. The average Bonchev–Trinajstić information content (AvgIpc) is 2.30. The molecule has 0 aliphatic rings. The SMILES string of the molecule is CS(=O)(=O)Nc1ccc(-c2ccc(F)cc2Cl)cc1Cl. The first kappa shape index (κ1) is 15.1. The summed E-state index contributed by atoms with van der Waals surface area (Å²) in [5.41, 5.74) is 1.55. The average molecular weight is 334 g/mol. The second kappa shape index (κ2) is 5.60. The largest absolute Gasteiger partial charge is 0.282 e. The first-order valence-electron chi connectivity index (χ1n) is 5.49. The van der Waals surface area contributed by atoms with Gasteiger partial charge in [-0.25, -0.2) is 12.8 Å². The van der Waals surface area contributed by atoms with Gasteiger partial charge in [0.25, 0.3) is 0 Å². The van der Waals surface area contributed by atoms with E-state index in [0.29, 0.717) is 11.1 Å². The van der Waals surface area contributed by atoms with Gasteiger partial charge in [0.15, 0.2) is 0 Å². The fourth-order valence-electron chi connectivity index (χ4n) is 1.69. The van der Waals surface area contributed by atoms with Crippen molar-refractivity contribution in [3.05, 3.63) is 52.3 Å². The van der Waals surface area contributed by atoms with E-state index in [4.69, 9.17) is 23.2 Å². The van der Waals surface area contributed by atoms with Gasteiger partial charge in [-0.05, 0) is 35.9 Å². The van der Waals surface area contributed by atoms with Gasteiger partial charge in [0, 0.05) is 5.56 Å². The number of halogens is 3. The molecule has 106 valence electrons. The summed E-state index contributed by atoms with van der Waals surface area (Å²) in [6, 6.07) is 8.77. The zero-order valence-electron chi connectivity index (χ0n) is 10.3. The highest BCUT2D eigenvalue weighted by molar-refractivity contribution is 7.92. The molecule has 1 N–H and O–H groups in total. The normalized spacial score (nSPS) is 11.4. The monoisotopic (exact) mass is 333 g/mol. The van der Waals surface area contributed by atoms with Crippen molar-refractivity contribution < 1.29 is 12.8 Å². The predicted molar refractivity (Wildman–Crippen MR) is 80.3 cm³/mol. The molecule has 0 atom stereocenters. The summed E-state index contributed by atoms with van der Waals surface area (Å²) in [7, 11) is -3.40. The molecule has 0 saturated heterocycles. The zero-order valence-corrected chi connectivity index (χ0v) is 12.7. The van der Waals surface area contributed by atoms with E-state index < -0.39 is 15.8 Å². The van der Waals surface area contributed by atoms with E-state index >= 15 is 0 Å². The zero-order chi connectivity index (χ0) is 14.9. The lowest BCUT2D eigenvalue weighted by Gasteiger charge is -2.09. The van der Waals surface area contributed by atoms with E-state index in [1.165, 1.54) is 24.3 Å². The Morgan fingerprint density at radius 1 is 1.05 bits per heavy atom. The number of benzene rings is 2. The van der Waals surface area contributed by atoms with Crippen LogP contribution < -0.4 is 4.72 Å². The maximum atomic E-state index is 13.0. The molecule has 0 unspecified atom stereocenters. The van der Waals surface area contributed by atoms with Crippen LogP contribution in [0.5, 0.6) is 0 Å². The molecular formula is C13H10Cl2FNO2S. The Morgan fingerprint density at radius 3 is 2.30 bits per heavy atom. The van der Waals surface area contributed by atoms with Gasteiger partial charge in [-0.3, -0.25) is 4.72 Å². The van der Waals surface area contributed by atoms with E-state index in [1.54, 1.807) is 12.1 Å². The first-order chi connectivity index (χ1) is 9.26. The van der Waals surface area contributed by atoms with E-state index in [0.717, 1.165) is 6.26 Å². The third-order valence-corrected chi connectivity index (χ3v) is 3.72. The molecule has 2 rings (SSSR count). The van der Waals surface area contributed by atoms with Crippen molar-refractivity contribution in [2.45, 2.75) is 0 Å². The number of nitrogens with one attached hydrogen (secondary N) is 1. The van der Waals surface area contributed by atoms with Gasteiger partial charge < -0.3 is 0 Å². The number of hydrogen-bond donors (Lipinski definition) is 1. The van der Waals surface area contributed by atoms with Crippen molar-refractivity contribution in [2.24, 2.45) is 0 Å². The van der Waals surface area contributed by atoms with Gasteiger partial charge in [-0.2, -0.15) is 0 Å². The van der Waals surface area contributed by atoms with Gasteiger partial charge in [0.1, 0.15) is 5.82 Å². The molecule has 0 aliphatic heterocycles. The molecule has 0 amide bonds. The predicted octanol–water partition coefficient (Wildman–Crippen LogP) is 4.17. The Kier molecular flexibility index (Phi) is 4.22. The fraction of sp³-hybridized carbons (Fsp3) is 0.0769. The molecule has 0 bridgehead atoms. The van der Waals surface area contributed by atoms with Crippen LogP contribution in [0.1, 0.15) is 0 Å². The molecule has 3 nitrogen and oxygen atoms in total. The lowest BCUT2D eigenvalue weighted by Crippen LogP contribution is -2.09. The first-order valence-corrected chi connectivity index (χ1v) is 8.14. The van der Waals surface area contributed by atoms with Crippen LogP contribution in [-0.4, -0.2) is 14.7 Å². The maximum absolute atomic E-state index is 13.0. The summed E-state index contributed by atoms with van der Waals surface area (Å²) < 4.78 is 37.6. The molecule has 0 spiro atoms. The van der Waals surface area contributed by atoms with Crippen LogP contribution in [-0.2, 0) is 10.0 Å². The Hall–Kier alpha value is -1.30. The summed E-state index contributed by atoms with van der Waals surface area (Å²) in [4.78, 5) is 0. The number of rotatable bonds is 3. The van der Waals surface area contributed by atoms with Crippen LogP contribution in [0.25, 0.3) is 11.1 Å². The van der Waals surface area contributed by atoms with Crippen molar-refractivity contribution in [3.63, 3.8) is 0 Å². The van der Waals surface area contributed by atoms with Crippen molar-refractivity contribution in [2.75, 3.05) is 11.0 Å². The number of sulfonamides is 1.